The van der Waals surface area contributed by atoms with Gasteiger partial charge in [-0.2, -0.15) is 0 Å². The van der Waals surface area contributed by atoms with Crippen LogP contribution in [-0.2, 0) is 11.3 Å². The van der Waals surface area contributed by atoms with Gasteiger partial charge in [0, 0.05) is 21.2 Å². The summed E-state index contributed by atoms with van der Waals surface area (Å²) >= 11 is 12.9. The van der Waals surface area contributed by atoms with Gasteiger partial charge in [0.1, 0.15) is 12.3 Å². The van der Waals surface area contributed by atoms with Crippen molar-refractivity contribution in [1.29, 1.82) is 0 Å². The summed E-state index contributed by atoms with van der Waals surface area (Å²) in [5, 5.41) is 5.00. The van der Waals surface area contributed by atoms with Crippen molar-refractivity contribution >= 4 is 40.7 Å². The number of aromatic nitrogens is 2. The minimum atomic E-state index is -0.482. The molecule has 0 aliphatic heterocycles. The summed E-state index contributed by atoms with van der Waals surface area (Å²) in [6.07, 6.45) is 0. The number of halogens is 2. The fourth-order valence-electron chi connectivity index (χ4n) is 1.96. The second-order valence-corrected chi connectivity index (χ2v) is 6.23. The van der Waals surface area contributed by atoms with Gasteiger partial charge in [0.2, 0.25) is 0 Å². The lowest BCUT2D eigenvalue weighted by molar-refractivity contribution is 0.0479. The topological polar surface area (TPSA) is 52.1 Å². The number of carbonyl (C=O) groups excluding carboxylic acids is 1. The lowest BCUT2D eigenvalue weighted by Crippen LogP contribution is -2.05. The summed E-state index contributed by atoms with van der Waals surface area (Å²) in [5.41, 5.74) is 2.02. The van der Waals surface area contributed by atoms with Gasteiger partial charge in [-0.3, -0.25) is 0 Å². The van der Waals surface area contributed by atoms with Gasteiger partial charge in [-0.05, 0) is 23.7 Å². The van der Waals surface area contributed by atoms with Crippen LogP contribution < -0.4 is 0 Å². The molecule has 1 heterocycles. The minimum absolute atomic E-state index is 0.0565. The molecule has 1 aromatic heterocycles. The van der Waals surface area contributed by atoms with Gasteiger partial charge < -0.3 is 4.74 Å². The summed E-state index contributed by atoms with van der Waals surface area (Å²) in [5.74, 6) is -0.482. The summed E-state index contributed by atoms with van der Waals surface area (Å²) in [6, 6.07) is 14.4. The van der Waals surface area contributed by atoms with Crippen LogP contribution in [0.1, 0.15) is 15.2 Å². The first-order valence-electron chi connectivity index (χ1n) is 6.64. The first-order valence-corrected chi connectivity index (χ1v) is 8.17. The average Bonchev–Trinajstić information content (AvgIpc) is 3.04. The highest BCUT2D eigenvalue weighted by atomic mass is 35.5. The molecule has 23 heavy (non-hydrogen) atoms. The molecule has 3 aromatic rings. The van der Waals surface area contributed by atoms with Crippen molar-refractivity contribution in [2.45, 2.75) is 6.61 Å². The van der Waals surface area contributed by atoms with E-state index in [1.54, 1.807) is 18.2 Å². The second kappa shape index (κ2) is 7.08. The van der Waals surface area contributed by atoms with Crippen LogP contribution >= 0.6 is 34.7 Å². The molecule has 0 saturated heterocycles. The lowest BCUT2D eigenvalue weighted by Gasteiger charge is -2.06. The second-order valence-electron chi connectivity index (χ2n) is 4.63. The molecule has 0 fully saturated rings. The predicted octanol–water partition coefficient (Wildman–Crippen LogP) is 4.87. The predicted molar refractivity (Wildman–Crippen MR) is 90.9 cm³/mol. The average molecular weight is 365 g/mol. The molecule has 3 rings (SSSR count). The lowest BCUT2D eigenvalue weighted by atomic mass is 10.1. The molecule has 116 valence electrons. The fourth-order valence-corrected chi connectivity index (χ4v) is 3.00. The molecule has 0 N–H and O–H groups in total. The van der Waals surface area contributed by atoms with E-state index in [-0.39, 0.29) is 6.61 Å². The molecular weight excluding hydrogens is 355 g/mol. The van der Waals surface area contributed by atoms with E-state index in [1.807, 2.05) is 30.3 Å². The van der Waals surface area contributed by atoms with Crippen molar-refractivity contribution in [3.8, 4) is 11.3 Å². The van der Waals surface area contributed by atoms with Crippen molar-refractivity contribution in [3.05, 3.63) is 69.0 Å². The molecule has 0 spiro atoms. The molecule has 0 saturated carbocycles. The standard InChI is InChI=1S/C16H10Cl2N2O2S/c17-12-7-6-11(13(18)8-12)9-22-16(21)15-14(19-20-23-15)10-4-2-1-3-5-10/h1-8H,9H2. The first kappa shape index (κ1) is 15.9. The molecule has 4 nitrogen and oxygen atoms in total. The first-order chi connectivity index (χ1) is 11.1. The zero-order valence-corrected chi connectivity index (χ0v) is 14.0. The van der Waals surface area contributed by atoms with Crippen LogP contribution in [0.4, 0.5) is 0 Å². The Kier molecular flexibility index (Phi) is 4.91. The van der Waals surface area contributed by atoms with Crippen molar-refractivity contribution in [2.24, 2.45) is 0 Å². The SMILES string of the molecule is O=C(OCc1ccc(Cl)cc1Cl)c1snnc1-c1ccccc1. The van der Waals surface area contributed by atoms with Crippen LogP contribution in [0.5, 0.6) is 0 Å². The van der Waals surface area contributed by atoms with E-state index in [2.05, 4.69) is 9.59 Å². The Morgan fingerprint density at radius 3 is 2.65 bits per heavy atom. The molecular formula is C16H10Cl2N2O2S. The minimum Gasteiger partial charge on any atom is -0.456 e. The van der Waals surface area contributed by atoms with Crippen LogP contribution in [0.3, 0.4) is 0 Å². The maximum Gasteiger partial charge on any atom is 0.352 e. The van der Waals surface area contributed by atoms with Crippen molar-refractivity contribution < 1.29 is 9.53 Å². The molecule has 0 unspecified atom stereocenters. The number of esters is 1. The van der Waals surface area contributed by atoms with Gasteiger partial charge >= 0.3 is 5.97 Å². The highest BCUT2D eigenvalue weighted by Crippen LogP contribution is 2.26. The van der Waals surface area contributed by atoms with E-state index < -0.39 is 5.97 Å². The molecule has 0 bridgehead atoms. The molecule has 0 radical (unpaired) electrons. The van der Waals surface area contributed by atoms with Crippen molar-refractivity contribution in [3.63, 3.8) is 0 Å². The van der Waals surface area contributed by atoms with Crippen molar-refractivity contribution in [2.75, 3.05) is 0 Å². The smallest absolute Gasteiger partial charge is 0.352 e. The van der Waals surface area contributed by atoms with Gasteiger partial charge in [0.15, 0.2) is 4.88 Å². The van der Waals surface area contributed by atoms with Gasteiger partial charge in [0.05, 0.1) is 0 Å². The summed E-state index contributed by atoms with van der Waals surface area (Å²) in [6.45, 7) is 0.0565. The Balaban J connectivity index is 1.76. The Morgan fingerprint density at radius 2 is 1.91 bits per heavy atom. The Bertz CT molecular complexity index is 837. The van der Waals surface area contributed by atoms with Crippen LogP contribution in [-0.4, -0.2) is 15.6 Å². The number of benzene rings is 2. The Hall–Kier alpha value is -1.95. The van der Waals surface area contributed by atoms with Gasteiger partial charge in [-0.1, -0.05) is 64.1 Å². The van der Waals surface area contributed by atoms with E-state index in [1.165, 1.54) is 0 Å². The molecule has 0 aliphatic rings. The van der Waals surface area contributed by atoms with E-state index in [4.69, 9.17) is 27.9 Å². The van der Waals surface area contributed by atoms with E-state index in [9.17, 15) is 4.79 Å². The highest BCUT2D eigenvalue weighted by molar-refractivity contribution is 7.08. The normalized spacial score (nSPS) is 10.5. The van der Waals surface area contributed by atoms with Gasteiger partial charge in [-0.15, -0.1) is 5.10 Å². The van der Waals surface area contributed by atoms with E-state index in [0.717, 1.165) is 17.1 Å². The Morgan fingerprint density at radius 1 is 1.13 bits per heavy atom. The maximum absolute atomic E-state index is 12.3. The largest absolute Gasteiger partial charge is 0.456 e. The third-order valence-corrected chi connectivity index (χ3v) is 4.39. The molecule has 0 atom stereocenters. The van der Waals surface area contributed by atoms with Crippen molar-refractivity contribution in [1.82, 2.24) is 9.59 Å². The highest BCUT2D eigenvalue weighted by Gasteiger charge is 2.19. The number of ether oxygens (including phenoxy) is 1. The van der Waals surface area contributed by atoms with Gasteiger partial charge in [-0.25, -0.2) is 4.79 Å². The fraction of sp³-hybridized carbons (Fsp3) is 0.0625. The summed E-state index contributed by atoms with van der Waals surface area (Å²) < 4.78 is 9.17. The third kappa shape index (κ3) is 3.69. The monoisotopic (exact) mass is 364 g/mol. The van der Waals surface area contributed by atoms with E-state index >= 15 is 0 Å². The zero-order valence-electron chi connectivity index (χ0n) is 11.7. The molecule has 2 aromatic carbocycles. The maximum atomic E-state index is 12.3. The Labute approximate surface area is 146 Å². The van der Waals surface area contributed by atoms with E-state index in [0.29, 0.717) is 26.2 Å². The number of hydrogen-bond acceptors (Lipinski definition) is 5. The molecule has 7 heteroatoms. The third-order valence-electron chi connectivity index (χ3n) is 3.09. The summed E-state index contributed by atoms with van der Waals surface area (Å²) in [7, 11) is 0. The molecule has 0 amide bonds. The number of carbonyl (C=O) groups is 1. The van der Waals surface area contributed by atoms with Crippen LogP contribution in [0.25, 0.3) is 11.3 Å². The van der Waals surface area contributed by atoms with Crippen LogP contribution in [0.2, 0.25) is 10.0 Å². The van der Waals surface area contributed by atoms with Crippen LogP contribution in [0, 0.1) is 0 Å². The number of rotatable bonds is 4. The summed E-state index contributed by atoms with van der Waals surface area (Å²) in [4.78, 5) is 12.7. The van der Waals surface area contributed by atoms with Gasteiger partial charge in [0.25, 0.3) is 0 Å². The number of nitrogens with zero attached hydrogens (tertiary/aromatic N) is 2. The zero-order chi connectivity index (χ0) is 16.2. The molecule has 0 aliphatic carbocycles. The van der Waals surface area contributed by atoms with Crippen LogP contribution in [0.15, 0.2) is 48.5 Å². The number of hydrogen-bond donors (Lipinski definition) is 0. The quantitative estimate of drug-likeness (QED) is 0.619.